The van der Waals surface area contributed by atoms with E-state index in [1.54, 1.807) is 0 Å². The summed E-state index contributed by atoms with van der Waals surface area (Å²) in [6, 6.07) is 8.22. The number of phenols is 4. The van der Waals surface area contributed by atoms with Crippen LogP contribution in [0.25, 0.3) is 0 Å². The molecule has 0 saturated heterocycles. The maximum Gasteiger partial charge on any atom is 0.394 e. The number of aliphatic hydroxyl groups is 2. The van der Waals surface area contributed by atoms with Crippen molar-refractivity contribution in [3.63, 3.8) is 0 Å². The molecule has 0 heterocycles. The van der Waals surface area contributed by atoms with Gasteiger partial charge in [0.25, 0.3) is 0 Å². The molecule has 0 radical (unpaired) electrons. The molecule has 2 rings (SSSR count). The van der Waals surface area contributed by atoms with Gasteiger partial charge in [-0.1, -0.05) is 0 Å². The zero-order valence-corrected chi connectivity index (χ0v) is 25.5. The standard InChI is InChI=1S/2C12H19NO3.ClHO4.H2O4S/c2*1-12(2,3)13-7-11(16)8-4-9(14)6-10(15)5-8;2-1(3,4)5;1-5(2,3)4/h2*4-6,11,13-16H,7H2,1-3H3;(H,2,3,4,5);(H2,1,2,3,4). The zero-order chi connectivity index (χ0) is 33.7. The number of hydrogen-bond acceptors (Lipinski definition) is 14. The summed E-state index contributed by atoms with van der Waals surface area (Å²) in [4.78, 5) is 0. The molecule has 2 atom stereocenters. The predicted molar refractivity (Wildman–Crippen MR) is 141 cm³/mol. The molecule has 0 aromatic heterocycles. The summed E-state index contributed by atoms with van der Waals surface area (Å²) in [6.07, 6.45) is -1.51. The molecule has 18 heteroatoms. The summed E-state index contributed by atoms with van der Waals surface area (Å²) in [5, 5.41) is 63.1. The van der Waals surface area contributed by atoms with Crippen LogP contribution in [-0.2, 0) is 10.4 Å². The van der Waals surface area contributed by atoms with Crippen molar-refractivity contribution in [1.82, 2.24) is 10.6 Å². The molecule has 0 fully saturated rings. The highest BCUT2D eigenvalue weighted by Gasteiger charge is 2.15. The van der Waals surface area contributed by atoms with Gasteiger partial charge < -0.3 is 41.3 Å². The highest BCUT2D eigenvalue weighted by Crippen LogP contribution is 2.26. The molecule has 42 heavy (non-hydrogen) atoms. The lowest BCUT2D eigenvalue weighted by Gasteiger charge is -2.23. The number of halogens is 1. The normalized spacial score (nSPS) is 13.3. The molecule has 0 aliphatic rings. The average Bonchev–Trinajstić information content (AvgIpc) is 2.71. The maximum atomic E-state index is 9.85. The van der Waals surface area contributed by atoms with Crippen molar-refractivity contribution in [2.45, 2.75) is 64.8 Å². The Balaban J connectivity index is 0. The molecule has 0 amide bonds. The van der Waals surface area contributed by atoms with E-state index < -0.39 is 32.9 Å². The van der Waals surface area contributed by atoms with E-state index in [0.717, 1.165) is 0 Å². The monoisotopic (exact) mass is 648 g/mol. The van der Waals surface area contributed by atoms with Crippen LogP contribution in [0.5, 0.6) is 23.0 Å². The summed E-state index contributed by atoms with van der Waals surface area (Å²) in [7, 11) is -9.36. The van der Waals surface area contributed by atoms with Crippen LogP contribution >= 0.6 is 0 Å². The quantitative estimate of drug-likeness (QED) is 0.155. The summed E-state index contributed by atoms with van der Waals surface area (Å²) >= 11 is 0. The lowest BCUT2D eigenvalue weighted by Crippen LogP contribution is -2.58. The second-order valence-electron chi connectivity index (χ2n) is 10.7. The second kappa shape index (κ2) is 17.6. The van der Waals surface area contributed by atoms with Crippen molar-refractivity contribution in [3.8, 4) is 23.0 Å². The Hall–Kier alpha value is -2.52. The Morgan fingerprint density at radius 3 is 1.02 bits per heavy atom. The summed E-state index contributed by atoms with van der Waals surface area (Å²) in [5.41, 5.74) is 0.822. The fraction of sp³-hybridized carbons (Fsp3) is 0.500. The van der Waals surface area contributed by atoms with Gasteiger partial charge in [0.1, 0.15) is 23.0 Å². The fourth-order valence-corrected chi connectivity index (χ4v) is 2.66. The van der Waals surface area contributed by atoms with E-state index in [9.17, 15) is 30.6 Å². The molecule has 0 saturated carbocycles. The first-order valence-corrected chi connectivity index (χ1v) is 14.5. The van der Waals surface area contributed by atoms with Crippen LogP contribution in [-0.4, -0.2) is 77.0 Å². The summed E-state index contributed by atoms with van der Waals surface area (Å²) < 4.78 is 64.3. The number of aliphatic hydroxyl groups excluding tert-OH is 2. The fourth-order valence-electron chi connectivity index (χ4n) is 2.66. The number of rotatable bonds is 6. The molecule has 0 spiro atoms. The molecule has 16 nitrogen and oxygen atoms in total. The first-order chi connectivity index (χ1) is 18.6. The van der Waals surface area contributed by atoms with Crippen molar-refractivity contribution in [2.75, 3.05) is 13.1 Å². The highest BCUT2D eigenvalue weighted by atomic mass is 35.7. The third-order valence-electron chi connectivity index (χ3n) is 4.27. The minimum Gasteiger partial charge on any atom is -0.508 e. The van der Waals surface area contributed by atoms with Gasteiger partial charge in [-0.25, -0.2) is 0 Å². The average molecular weight is 649 g/mol. The largest absolute Gasteiger partial charge is 0.508 e. The first kappa shape index (κ1) is 41.6. The first-order valence-electron chi connectivity index (χ1n) is 11.8. The van der Waals surface area contributed by atoms with Crippen LogP contribution in [0.3, 0.4) is 0 Å². The highest BCUT2D eigenvalue weighted by molar-refractivity contribution is 7.79. The van der Waals surface area contributed by atoms with Crippen LogP contribution in [0.4, 0.5) is 0 Å². The van der Waals surface area contributed by atoms with Gasteiger partial charge in [0, 0.05) is 36.3 Å². The van der Waals surface area contributed by atoms with Gasteiger partial charge in [-0.05, 0) is 76.9 Å². The Kier molecular flexibility index (Phi) is 17.4. The molecule has 2 unspecified atom stereocenters. The Labute approximate surface area is 246 Å². The lowest BCUT2D eigenvalue weighted by molar-refractivity contribution is -1.92. The molecular weight excluding hydrogens is 608 g/mol. The van der Waals surface area contributed by atoms with E-state index in [-0.39, 0.29) is 34.1 Å². The number of nitrogens with one attached hydrogen (secondary N) is 2. The van der Waals surface area contributed by atoms with Crippen molar-refractivity contribution in [3.05, 3.63) is 47.5 Å². The molecule has 0 bridgehead atoms. The van der Waals surface area contributed by atoms with Gasteiger partial charge in [0.05, 0.1) is 27.1 Å². The Bertz CT molecular complexity index is 1050. The summed E-state index contributed by atoms with van der Waals surface area (Å²) in [6.45, 7) is 12.7. The van der Waals surface area contributed by atoms with Crippen LogP contribution in [0.1, 0.15) is 64.9 Å². The van der Waals surface area contributed by atoms with E-state index in [4.69, 9.17) is 36.2 Å². The molecule has 11 N–H and O–H groups in total. The number of β-amino-alcohol motifs (C(OH)–C–C–N with tert-alkyl or cyclic N) is 2. The van der Waals surface area contributed by atoms with Crippen molar-refractivity contribution in [1.29, 1.82) is 0 Å². The molecule has 0 aliphatic heterocycles. The number of benzene rings is 2. The number of hydrogen-bond donors (Lipinski definition) is 11. The van der Waals surface area contributed by atoms with Crippen LogP contribution < -0.4 is 24.6 Å². The Morgan fingerprint density at radius 2 is 0.857 bits per heavy atom. The third kappa shape index (κ3) is 29.0. The molecule has 2 aromatic carbocycles. The third-order valence-corrected chi connectivity index (χ3v) is 4.27. The van der Waals surface area contributed by atoms with Gasteiger partial charge >= 0.3 is 10.4 Å². The number of aromatic hydroxyl groups is 4. The molecule has 0 aliphatic carbocycles. The second-order valence-corrected chi connectivity index (χ2v) is 12.4. The zero-order valence-electron chi connectivity index (χ0n) is 23.9. The van der Waals surface area contributed by atoms with Crippen LogP contribution in [0, 0.1) is 10.2 Å². The minimum absolute atomic E-state index is 0.0511. The molecule has 244 valence electrons. The van der Waals surface area contributed by atoms with E-state index in [2.05, 4.69) is 10.6 Å². The summed E-state index contributed by atoms with van der Waals surface area (Å²) in [5.74, 6) is -0.204. The van der Waals surface area contributed by atoms with E-state index in [1.807, 2.05) is 41.5 Å². The minimum atomic E-state index is -4.69. The molecular formula is C24H41ClN2O14S. The van der Waals surface area contributed by atoms with Gasteiger partial charge in [0.2, 0.25) is 0 Å². The van der Waals surface area contributed by atoms with Gasteiger partial charge in [-0.2, -0.15) is 22.4 Å². The van der Waals surface area contributed by atoms with Gasteiger partial charge in [0.15, 0.2) is 0 Å². The lowest BCUT2D eigenvalue weighted by atomic mass is 10.1. The van der Waals surface area contributed by atoms with Crippen molar-refractivity contribution in [2.24, 2.45) is 0 Å². The molecule has 2 aromatic rings. The van der Waals surface area contributed by atoms with Crippen molar-refractivity contribution < 1.29 is 77.0 Å². The van der Waals surface area contributed by atoms with E-state index >= 15 is 0 Å². The van der Waals surface area contributed by atoms with Crippen LogP contribution in [0.15, 0.2) is 36.4 Å². The maximum absolute atomic E-state index is 9.85. The predicted octanol–water partition coefficient (Wildman–Crippen LogP) is -1.74. The smallest absolute Gasteiger partial charge is 0.394 e. The Morgan fingerprint density at radius 1 is 0.667 bits per heavy atom. The van der Waals surface area contributed by atoms with Crippen molar-refractivity contribution >= 4 is 10.4 Å². The van der Waals surface area contributed by atoms with E-state index in [1.165, 1.54) is 36.4 Å². The van der Waals surface area contributed by atoms with Crippen LogP contribution in [0.2, 0.25) is 0 Å². The van der Waals surface area contributed by atoms with E-state index in [0.29, 0.717) is 24.2 Å². The van der Waals surface area contributed by atoms with Gasteiger partial charge in [-0.3, -0.25) is 9.11 Å². The number of phenolic OH excluding ortho intramolecular Hbond substituents is 4. The SMILES string of the molecule is CC(C)(C)NCC(O)c1cc(O)cc(O)c1.CC(C)(C)NCC(O)c1cc(O)cc(O)c1.O=S(=O)(O)O.[O-][Cl+3]([O-])([O-])O. The van der Waals surface area contributed by atoms with Gasteiger partial charge in [-0.15, -0.1) is 0 Å². The topological polar surface area (TPSA) is 309 Å².